The molecule has 0 saturated carbocycles. The Labute approximate surface area is 175 Å². The maximum absolute atomic E-state index is 13.0. The quantitative estimate of drug-likeness (QED) is 0.703. The van der Waals surface area contributed by atoms with E-state index in [0.29, 0.717) is 17.0 Å². The first kappa shape index (κ1) is 20.7. The minimum absolute atomic E-state index is 0.00792. The second kappa shape index (κ2) is 9.99. The number of hydrogen-bond donors (Lipinski definition) is 2. The van der Waals surface area contributed by atoms with E-state index in [9.17, 15) is 9.59 Å². The highest BCUT2D eigenvalue weighted by atomic mass is 35.5. The van der Waals surface area contributed by atoms with Gasteiger partial charge < -0.3 is 10.6 Å². The summed E-state index contributed by atoms with van der Waals surface area (Å²) in [5, 5.41) is 6.41. The van der Waals surface area contributed by atoms with E-state index in [-0.39, 0.29) is 17.9 Å². The minimum atomic E-state index is -0.592. The lowest BCUT2D eigenvalue weighted by Crippen LogP contribution is -2.48. The smallest absolute Gasteiger partial charge is 0.253 e. The number of amides is 2. The molecule has 2 aromatic rings. The Hall–Kier alpha value is -1.98. The maximum Gasteiger partial charge on any atom is 0.253 e. The molecule has 3 rings (SSSR count). The fourth-order valence-electron chi connectivity index (χ4n) is 3.56. The van der Waals surface area contributed by atoms with Crippen molar-refractivity contribution in [1.29, 1.82) is 0 Å². The molecule has 0 aromatic heterocycles. The van der Waals surface area contributed by atoms with E-state index in [2.05, 4.69) is 22.8 Å². The van der Waals surface area contributed by atoms with Gasteiger partial charge in [0.25, 0.3) is 5.91 Å². The van der Waals surface area contributed by atoms with Gasteiger partial charge in [0.1, 0.15) is 6.04 Å². The van der Waals surface area contributed by atoms with Crippen LogP contribution in [0.4, 0.5) is 0 Å². The van der Waals surface area contributed by atoms with Crippen molar-refractivity contribution >= 4 is 35.2 Å². The second-order valence-electron chi connectivity index (χ2n) is 6.94. The number of carbonyl (C=O) groups excluding carboxylic acids is 2. The van der Waals surface area contributed by atoms with Gasteiger partial charge in [-0.05, 0) is 61.0 Å². The lowest BCUT2D eigenvalue weighted by atomic mass is 9.87. The zero-order valence-corrected chi connectivity index (χ0v) is 17.5. The first-order valence-electron chi connectivity index (χ1n) is 9.52. The van der Waals surface area contributed by atoms with Gasteiger partial charge in [0.05, 0.1) is 16.6 Å². The predicted molar refractivity (Wildman–Crippen MR) is 116 cm³/mol. The molecule has 2 amide bonds. The Morgan fingerprint density at radius 2 is 1.93 bits per heavy atom. The standard InChI is InChI=1S/C22H25ClN2O2S/c1-28-14-13-20(25-21(26)17-10-4-5-11-18(17)23)22(27)24-19-12-6-8-15-7-2-3-9-16(15)19/h2-5,7,9-11,19-20H,6,8,12-14H2,1H3,(H,24,27)(H,25,26). The molecule has 0 heterocycles. The van der Waals surface area contributed by atoms with Crippen LogP contribution >= 0.6 is 23.4 Å². The van der Waals surface area contributed by atoms with Gasteiger partial charge in [-0.3, -0.25) is 9.59 Å². The Morgan fingerprint density at radius 3 is 2.71 bits per heavy atom. The minimum Gasteiger partial charge on any atom is -0.348 e. The van der Waals surface area contributed by atoms with Gasteiger partial charge >= 0.3 is 0 Å². The SMILES string of the molecule is CSCCC(NC(=O)c1ccccc1Cl)C(=O)NC1CCCc2ccccc21. The third-order valence-corrected chi connectivity index (χ3v) is 6.01. The Bertz CT molecular complexity index is 843. The molecule has 2 atom stereocenters. The predicted octanol–water partition coefficient (Wildman–Crippen LogP) is 4.39. The molecule has 28 heavy (non-hydrogen) atoms. The largest absolute Gasteiger partial charge is 0.348 e. The van der Waals surface area contributed by atoms with Crippen molar-refractivity contribution in [2.75, 3.05) is 12.0 Å². The summed E-state index contributed by atoms with van der Waals surface area (Å²) in [5.41, 5.74) is 2.86. The van der Waals surface area contributed by atoms with Crippen LogP contribution in [0.3, 0.4) is 0 Å². The first-order valence-corrected chi connectivity index (χ1v) is 11.3. The number of halogens is 1. The molecule has 1 aliphatic rings. The molecule has 6 heteroatoms. The molecule has 0 spiro atoms. The Kier molecular flexibility index (Phi) is 7.40. The van der Waals surface area contributed by atoms with Gasteiger partial charge in [-0.1, -0.05) is 48.0 Å². The number of aryl methyl sites for hydroxylation is 1. The van der Waals surface area contributed by atoms with Gasteiger partial charge in [0, 0.05) is 0 Å². The molecule has 2 N–H and O–H groups in total. The third-order valence-electron chi connectivity index (χ3n) is 5.04. The summed E-state index contributed by atoms with van der Waals surface area (Å²) in [6.07, 6.45) is 5.56. The number of thioether (sulfide) groups is 1. The summed E-state index contributed by atoms with van der Waals surface area (Å²) in [5.74, 6) is 0.314. The van der Waals surface area contributed by atoms with Crippen molar-refractivity contribution < 1.29 is 9.59 Å². The summed E-state index contributed by atoms with van der Waals surface area (Å²) >= 11 is 7.78. The van der Waals surface area contributed by atoms with Crippen molar-refractivity contribution in [3.8, 4) is 0 Å². The van der Waals surface area contributed by atoms with E-state index in [1.54, 1.807) is 36.0 Å². The average Bonchev–Trinajstić information content (AvgIpc) is 2.71. The Balaban J connectivity index is 1.72. The van der Waals surface area contributed by atoms with E-state index in [4.69, 9.17) is 11.6 Å². The normalized spacial score (nSPS) is 16.7. The molecule has 148 valence electrons. The highest BCUT2D eigenvalue weighted by Gasteiger charge is 2.27. The van der Waals surface area contributed by atoms with Crippen LogP contribution in [0.25, 0.3) is 0 Å². The van der Waals surface area contributed by atoms with E-state index >= 15 is 0 Å². The van der Waals surface area contributed by atoms with Crippen molar-refractivity contribution in [1.82, 2.24) is 10.6 Å². The Morgan fingerprint density at radius 1 is 1.18 bits per heavy atom. The highest BCUT2D eigenvalue weighted by Crippen LogP contribution is 2.29. The van der Waals surface area contributed by atoms with Crippen LogP contribution in [0, 0.1) is 0 Å². The van der Waals surface area contributed by atoms with E-state index in [1.807, 2.05) is 18.4 Å². The van der Waals surface area contributed by atoms with Crippen LogP contribution in [0.1, 0.15) is 46.8 Å². The second-order valence-corrected chi connectivity index (χ2v) is 8.33. The summed E-state index contributed by atoms with van der Waals surface area (Å²) in [7, 11) is 0. The number of rotatable bonds is 7. The lowest BCUT2D eigenvalue weighted by molar-refractivity contribution is -0.123. The number of nitrogens with one attached hydrogen (secondary N) is 2. The first-order chi connectivity index (χ1) is 13.6. The average molecular weight is 417 g/mol. The number of benzene rings is 2. The van der Waals surface area contributed by atoms with Crippen LogP contribution in [-0.4, -0.2) is 29.9 Å². The molecular weight excluding hydrogens is 392 g/mol. The molecule has 0 bridgehead atoms. The molecule has 0 radical (unpaired) electrons. The highest BCUT2D eigenvalue weighted by molar-refractivity contribution is 7.98. The number of fused-ring (bicyclic) bond motifs is 1. The monoisotopic (exact) mass is 416 g/mol. The molecule has 1 aliphatic carbocycles. The third kappa shape index (κ3) is 5.09. The van der Waals surface area contributed by atoms with Crippen molar-refractivity contribution in [2.24, 2.45) is 0 Å². The zero-order valence-electron chi connectivity index (χ0n) is 15.9. The van der Waals surface area contributed by atoms with Crippen molar-refractivity contribution in [2.45, 2.75) is 37.8 Å². The van der Waals surface area contributed by atoms with Crippen molar-refractivity contribution in [3.05, 3.63) is 70.2 Å². The summed E-state index contributed by atoms with van der Waals surface area (Å²) in [6.45, 7) is 0. The van der Waals surface area contributed by atoms with Gasteiger partial charge in [0.15, 0.2) is 0 Å². The summed E-state index contributed by atoms with van der Waals surface area (Å²) in [6, 6.07) is 14.5. The summed E-state index contributed by atoms with van der Waals surface area (Å²) in [4.78, 5) is 25.7. The maximum atomic E-state index is 13.0. The molecule has 0 saturated heterocycles. The van der Waals surface area contributed by atoms with E-state index < -0.39 is 6.04 Å². The molecule has 2 unspecified atom stereocenters. The van der Waals surface area contributed by atoms with Gasteiger partial charge in [0.2, 0.25) is 5.91 Å². The number of carbonyl (C=O) groups is 2. The van der Waals surface area contributed by atoms with Crippen LogP contribution in [0.15, 0.2) is 48.5 Å². The molecular formula is C22H25ClN2O2S. The molecule has 0 fully saturated rings. The molecule has 4 nitrogen and oxygen atoms in total. The van der Waals surface area contributed by atoms with Crippen LogP contribution in [-0.2, 0) is 11.2 Å². The van der Waals surface area contributed by atoms with E-state index in [1.165, 1.54) is 11.1 Å². The van der Waals surface area contributed by atoms with Gasteiger partial charge in [-0.15, -0.1) is 0 Å². The van der Waals surface area contributed by atoms with Crippen molar-refractivity contribution in [3.63, 3.8) is 0 Å². The summed E-state index contributed by atoms with van der Waals surface area (Å²) < 4.78 is 0. The van der Waals surface area contributed by atoms with Gasteiger partial charge in [-0.2, -0.15) is 11.8 Å². The van der Waals surface area contributed by atoms with Crippen LogP contribution < -0.4 is 10.6 Å². The fraction of sp³-hybridized carbons (Fsp3) is 0.364. The van der Waals surface area contributed by atoms with Gasteiger partial charge in [-0.25, -0.2) is 0 Å². The van der Waals surface area contributed by atoms with E-state index in [0.717, 1.165) is 25.0 Å². The molecule has 0 aliphatic heterocycles. The fourth-order valence-corrected chi connectivity index (χ4v) is 4.26. The zero-order chi connectivity index (χ0) is 19.9. The number of hydrogen-bond acceptors (Lipinski definition) is 3. The topological polar surface area (TPSA) is 58.2 Å². The van der Waals surface area contributed by atoms with Crippen LogP contribution in [0.5, 0.6) is 0 Å². The molecule has 2 aromatic carbocycles. The lowest BCUT2D eigenvalue weighted by Gasteiger charge is -2.28. The van der Waals surface area contributed by atoms with Crippen LogP contribution in [0.2, 0.25) is 5.02 Å².